The van der Waals surface area contributed by atoms with E-state index in [9.17, 15) is 9.59 Å². The molecule has 1 amide bonds. The summed E-state index contributed by atoms with van der Waals surface area (Å²) in [5.74, 6) is 0.766. The van der Waals surface area contributed by atoms with E-state index in [2.05, 4.69) is 17.4 Å². The SMILES string of the molecule is CCc1ccc(NC(=O)COC(=O)CSCc2c(C)noc2C)cc1. The van der Waals surface area contributed by atoms with Crippen molar-refractivity contribution in [3.63, 3.8) is 0 Å². The molecule has 0 radical (unpaired) electrons. The fourth-order valence-electron chi connectivity index (χ4n) is 2.15. The molecule has 0 aliphatic carbocycles. The minimum atomic E-state index is -0.423. The van der Waals surface area contributed by atoms with Crippen LogP contribution in [-0.2, 0) is 26.5 Å². The van der Waals surface area contributed by atoms with Crippen LogP contribution in [0.1, 0.15) is 29.5 Å². The van der Waals surface area contributed by atoms with Gasteiger partial charge in [0.1, 0.15) is 5.76 Å². The Hall–Kier alpha value is -2.28. The van der Waals surface area contributed by atoms with Gasteiger partial charge in [0.2, 0.25) is 0 Å². The van der Waals surface area contributed by atoms with Gasteiger partial charge in [-0.2, -0.15) is 0 Å². The number of carbonyl (C=O) groups is 2. The second kappa shape index (κ2) is 9.27. The average molecular weight is 362 g/mol. The van der Waals surface area contributed by atoms with Gasteiger partial charge < -0.3 is 14.6 Å². The number of anilines is 1. The molecule has 1 aromatic carbocycles. The molecule has 6 nitrogen and oxygen atoms in total. The number of ether oxygens (including phenoxy) is 1. The van der Waals surface area contributed by atoms with E-state index >= 15 is 0 Å². The van der Waals surface area contributed by atoms with E-state index in [0.717, 1.165) is 23.4 Å². The predicted octanol–water partition coefficient (Wildman–Crippen LogP) is 3.27. The van der Waals surface area contributed by atoms with Crippen LogP contribution in [-0.4, -0.2) is 29.4 Å². The van der Waals surface area contributed by atoms with E-state index < -0.39 is 5.97 Å². The molecule has 2 rings (SSSR count). The third kappa shape index (κ3) is 5.94. The van der Waals surface area contributed by atoms with Crippen LogP contribution < -0.4 is 5.32 Å². The van der Waals surface area contributed by atoms with Crippen molar-refractivity contribution < 1.29 is 18.8 Å². The largest absolute Gasteiger partial charge is 0.455 e. The van der Waals surface area contributed by atoms with E-state index in [1.807, 2.05) is 38.1 Å². The van der Waals surface area contributed by atoms with Crippen molar-refractivity contribution in [2.75, 3.05) is 17.7 Å². The maximum absolute atomic E-state index is 11.8. The first-order chi connectivity index (χ1) is 12.0. The Balaban J connectivity index is 1.67. The van der Waals surface area contributed by atoms with Gasteiger partial charge in [-0.3, -0.25) is 9.59 Å². The van der Waals surface area contributed by atoms with Crippen molar-refractivity contribution in [1.29, 1.82) is 0 Å². The highest BCUT2D eigenvalue weighted by atomic mass is 32.2. The van der Waals surface area contributed by atoms with E-state index in [1.54, 1.807) is 0 Å². The van der Waals surface area contributed by atoms with Crippen LogP contribution in [0.3, 0.4) is 0 Å². The second-order valence-electron chi connectivity index (χ2n) is 5.55. The Morgan fingerprint density at radius 3 is 2.56 bits per heavy atom. The van der Waals surface area contributed by atoms with Gasteiger partial charge in [-0.15, -0.1) is 11.8 Å². The topological polar surface area (TPSA) is 81.4 Å². The number of esters is 1. The number of amides is 1. The molecule has 134 valence electrons. The number of benzene rings is 1. The van der Waals surface area contributed by atoms with Gasteiger partial charge in [0.05, 0.1) is 11.4 Å². The van der Waals surface area contributed by atoms with Crippen LogP contribution in [0, 0.1) is 13.8 Å². The van der Waals surface area contributed by atoms with E-state index in [1.165, 1.54) is 17.3 Å². The van der Waals surface area contributed by atoms with Gasteiger partial charge in [-0.1, -0.05) is 24.2 Å². The van der Waals surface area contributed by atoms with Crippen molar-refractivity contribution in [2.24, 2.45) is 0 Å². The standard InChI is InChI=1S/C18H22N2O4S/c1-4-14-5-7-15(8-6-14)19-17(21)9-23-18(22)11-25-10-16-12(2)20-24-13(16)3/h5-8H,4,9-11H2,1-3H3,(H,19,21). The van der Waals surface area contributed by atoms with Crippen molar-refractivity contribution in [1.82, 2.24) is 5.16 Å². The molecule has 0 unspecified atom stereocenters. The molecule has 2 aromatic rings. The summed E-state index contributed by atoms with van der Waals surface area (Å²) < 4.78 is 10.1. The van der Waals surface area contributed by atoms with Crippen LogP contribution in [0.15, 0.2) is 28.8 Å². The highest BCUT2D eigenvalue weighted by molar-refractivity contribution is 7.99. The number of nitrogens with one attached hydrogen (secondary N) is 1. The molecule has 1 N–H and O–H groups in total. The molecule has 7 heteroatoms. The normalized spacial score (nSPS) is 10.5. The molecule has 0 spiro atoms. The first-order valence-corrected chi connectivity index (χ1v) is 9.19. The maximum atomic E-state index is 11.8. The van der Waals surface area contributed by atoms with Gasteiger partial charge in [0.25, 0.3) is 5.91 Å². The first kappa shape index (κ1) is 19.1. The number of thioether (sulfide) groups is 1. The Morgan fingerprint density at radius 1 is 1.24 bits per heavy atom. The summed E-state index contributed by atoms with van der Waals surface area (Å²) in [6.45, 7) is 5.48. The molecular weight excluding hydrogens is 340 g/mol. The molecule has 0 aliphatic rings. The number of aromatic nitrogens is 1. The minimum Gasteiger partial charge on any atom is -0.455 e. The molecular formula is C18H22N2O4S. The van der Waals surface area contributed by atoms with Crippen LogP contribution in [0.4, 0.5) is 5.69 Å². The summed E-state index contributed by atoms with van der Waals surface area (Å²) in [6, 6.07) is 7.57. The van der Waals surface area contributed by atoms with E-state index in [0.29, 0.717) is 11.4 Å². The smallest absolute Gasteiger partial charge is 0.316 e. The van der Waals surface area contributed by atoms with Crippen molar-refractivity contribution in [3.8, 4) is 0 Å². The fraction of sp³-hybridized carbons (Fsp3) is 0.389. The zero-order valence-electron chi connectivity index (χ0n) is 14.6. The number of rotatable bonds is 8. The molecule has 0 bridgehead atoms. The number of hydrogen-bond donors (Lipinski definition) is 1. The molecule has 0 saturated carbocycles. The van der Waals surface area contributed by atoms with Crippen molar-refractivity contribution in [3.05, 3.63) is 46.8 Å². The molecule has 0 atom stereocenters. The summed E-state index contributed by atoms with van der Waals surface area (Å²) in [7, 11) is 0. The highest BCUT2D eigenvalue weighted by Crippen LogP contribution is 2.19. The van der Waals surface area contributed by atoms with Gasteiger partial charge in [0.15, 0.2) is 6.61 Å². The summed E-state index contributed by atoms with van der Waals surface area (Å²) >= 11 is 1.40. The Labute approximate surface area is 151 Å². The lowest BCUT2D eigenvalue weighted by Gasteiger charge is -2.07. The Bertz CT molecular complexity index is 706. The molecule has 1 heterocycles. The van der Waals surface area contributed by atoms with Crippen LogP contribution in [0.5, 0.6) is 0 Å². The highest BCUT2D eigenvalue weighted by Gasteiger charge is 2.12. The summed E-state index contributed by atoms with van der Waals surface area (Å²) in [6.07, 6.45) is 0.942. The lowest BCUT2D eigenvalue weighted by atomic mass is 10.1. The number of hydrogen-bond acceptors (Lipinski definition) is 6. The van der Waals surface area contributed by atoms with E-state index in [-0.39, 0.29) is 18.3 Å². The fourth-order valence-corrected chi connectivity index (χ4v) is 3.12. The van der Waals surface area contributed by atoms with Gasteiger partial charge in [-0.25, -0.2) is 0 Å². The molecule has 0 fully saturated rings. The second-order valence-corrected chi connectivity index (χ2v) is 6.54. The van der Waals surface area contributed by atoms with Crippen LogP contribution in [0.2, 0.25) is 0 Å². The number of aryl methyl sites for hydroxylation is 3. The quantitative estimate of drug-likeness (QED) is 0.726. The molecule has 0 aliphatic heterocycles. The molecule has 25 heavy (non-hydrogen) atoms. The summed E-state index contributed by atoms with van der Waals surface area (Å²) in [5.41, 5.74) is 3.70. The van der Waals surface area contributed by atoms with Gasteiger partial charge in [0, 0.05) is 17.0 Å². The zero-order chi connectivity index (χ0) is 18.2. The van der Waals surface area contributed by atoms with Gasteiger partial charge in [-0.05, 0) is 38.0 Å². The number of carbonyl (C=O) groups excluding carboxylic acids is 2. The van der Waals surface area contributed by atoms with Gasteiger partial charge >= 0.3 is 5.97 Å². The Morgan fingerprint density at radius 2 is 1.96 bits per heavy atom. The maximum Gasteiger partial charge on any atom is 0.316 e. The monoisotopic (exact) mass is 362 g/mol. The minimum absolute atomic E-state index is 0.169. The average Bonchev–Trinajstić information content (AvgIpc) is 2.92. The summed E-state index contributed by atoms with van der Waals surface area (Å²) in [5, 5.41) is 6.57. The summed E-state index contributed by atoms with van der Waals surface area (Å²) in [4.78, 5) is 23.5. The Kier molecular flexibility index (Phi) is 7.06. The van der Waals surface area contributed by atoms with Crippen molar-refractivity contribution >= 4 is 29.3 Å². The van der Waals surface area contributed by atoms with E-state index in [4.69, 9.17) is 9.26 Å². The third-order valence-electron chi connectivity index (χ3n) is 3.66. The van der Waals surface area contributed by atoms with Crippen LogP contribution >= 0.6 is 11.8 Å². The number of nitrogens with zero attached hydrogens (tertiary/aromatic N) is 1. The third-order valence-corrected chi connectivity index (χ3v) is 4.59. The molecule has 0 saturated heterocycles. The molecule has 1 aromatic heterocycles. The predicted molar refractivity (Wildman–Crippen MR) is 97.5 cm³/mol. The lowest BCUT2D eigenvalue weighted by Crippen LogP contribution is -2.21. The van der Waals surface area contributed by atoms with Crippen molar-refractivity contribution in [2.45, 2.75) is 32.9 Å². The zero-order valence-corrected chi connectivity index (χ0v) is 15.4. The lowest BCUT2D eigenvalue weighted by molar-refractivity contribution is -0.144. The first-order valence-electron chi connectivity index (χ1n) is 8.03. The van der Waals surface area contributed by atoms with Crippen LogP contribution in [0.25, 0.3) is 0 Å².